The fourth-order valence-electron chi connectivity index (χ4n) is 4.67. The molecule has 3 atom stereocenters. The van der Waals surface area contributed by atoms with Crippen LogP contribution < -0.4 is 5.32 Å². The number of thiazole rings is 1. The van der Waals surface area contributed by atoms with E-state index < -0.39 is 0 Å². The van der Waals surface area contributed by atoms with Crippen LogP contribution in [-0.2, 0) is 4.79 Å². The van der Waals surface area contributed by atoms with E-state index in [0.29, 0.717) is 5.92 Å². The Hall–Kier alpha value is -2.20. The summed E-state index contributed by atoms with van der Waals surface area (Å²) < 4.78 is 0. The number of hydrogen-bond acceptors (Lipinski definition) is 3. The maximum atomic E-state index is 12.6. The van der Waals surface area contributed by atoms with E-state index in [1.165, 1.54) is 41.4 Å². The van der Waals surface area contributed by atoms with Gasteiger partial charge in [-0.2, -0.15) is 0 Å². The van der Waals surface area contributed by atoms with Gasteiger partial charge in [-0.1, -0.05) is 48.9 Å². The second-order valence-electron chi connectivity index (χ2n) is 7.34. The first-order chi connectivity index (χ1) is 12.3. The minimum absolute atomic E-state index is 0.172. The number of nitrogens with one attached hydrogen (secondary N) is 1. The monoisotopic (exact) mass is 348 g/mol. The predicted octanol–water partition coefficient (Wildman–Crippen LogP) is 5.34. The minimum atomic E-state index is 0.172. The Balaban J connectivity index is 1.39. The van der Waals surface area contributed by atoms with Gasteiger partial charge in [0.25, 0.3) is 0 Å². The van der Waals surface area contributed by atoms with Gasteiger partial charge < -0.3 is 5.32 Å². The van der Waals surface area contributed by atoms with Gasteiger partial charge in [0.05, 0.1) is 5.69 Å². The van der Waals surface area contributed by atoms with Crippen molar-refractivity contribution < 1.29 is 4.79 Å². The Labute approximate surface area is 151 Å². The summed E-state index contributed by atoms with van der Waals surface area (Å²) in [6.45, 7) is 0. The quantitative estimate of drug-likeness (QED) is 0.694. The van der Waals surface area contributed by atoms with Gasteiger partial charge in [0.2, 0.25) is 5.91 Å². The summed E-state index contributed by atoms with van der Waals surface area (Å²) in [6, 6.07) is 14.6. The molecule has 3 unspecified atom stereocenters. The van der Waals surface area contributed by atoms with E-state index >= 15 is 0 Å². The first-order valence-corrected chi connectivity index (χ1v) is 9.90. The van der Waals surface area contributed by atoms with Crippen LogP contribution in [0.5, 0.6) is 0 Å². The summed E-state index contributed by atoms with van der Waals surface area (Å²) in [5.41, 5.74) is 2.06. The van der Waals surface area contributed by atoms with Crippen molar-refractivity contribution in [3.05, 3.63) is 47.8 Å². The van der Waals surface area contributed by atoms with Gasteiger partial charge in [-0.3, -0.25) is 4.79 Å². The van der Waals surface area contributed by atoms with Crippen molar-refractivity contribution in [2.45, 2.75) is 25.7 Å². The normalized spacial score (nSPS) is 24.7. The first kappa shape index (κ1) is 15.1. The summed E-state index contributed by atoms with van der Waals surface area (Å²) in [4.78, 5) is 17.3. The van der Waals surface area contributed by atoms with Gasteiger partial charge in [-0.15, -0.1) is 11.3 Å². The summed E-state index contributed by atoms with van der Waals surface area (Å²) in [6.07, 6.45) is 4.86. The van der Waals surface area contributed by atoms with Crippen LogP contribution in [0, 0.1) is 17.8 Å². The number of benzene rings is 2. The smallest absolute Gasteiger partial charge is 0.229 e. The third-order valence-corrected chi connectivity index (χ3v) is 6.63. The topological polar surface area (TPSA) is 42.0 Å². The van der Waals surface area contributed by atoms with Crippen LogP contribution in [0.4, 0.5) is 5.13 Å². The molecule has 2 fully saturated rings. The Bertz CT molecular complexity index is 942. The van der Waals surface area contributed by atoms with Crippen molar-refractivity contribution >= 4 is 33.1 Å². The van der Waals surface area contributed by atoms with Gasteiger partial charge in [0, 0.05) is 16.9 Å². The van der Waals surface area contributed by atoms with E-state index in [4.69, 9.17) is 4.98 Å². The lowest BCUT2D eigenvalue weighted by molar-refractivity contribution is -0.121. The molecule has 1 heterocycles. The molecule has 3 aromatic rings. The van der Waals surface area contributed by atoms with E-state index in [2.05, 4.69) is 41.7 Å². The zero-order chi connectivity index (χ0) is 16.8. The molecular formula is C21H20N2OS. The molecule has 1 amide bonds. The number of hydrogen-bond donors (Lipinski definition) is 1. The molecular weight excluding hydrogens is 328 g/mol. The number of amides is 1. The fourth-order valence-corrected chi connectivity index (χ4v) is 5.38. The van der Waals surface area contributed by atoms with Crippen LogP contribution in [0.1, 0.15) is 25.7 Å². The number of rotatable bonds is 3. The lowest BCUT2D eigenvalue weighted by Gasteiger charge is -2.19. The average molecular weight is 348 g/mol. The third kappa shape index (κ3) is 2.65. The van der Waals surface area contributed by atoms with Crippen molar-refractivity contribution in [2.24, 2.45) is 17.8 Å². The molecule has 2 aromatic carbocycles. The lowest BCUT2D eigenvalue weighted by Crippen LogP contribution is -2.27. The highest BCUT2D eigenvalue weighted by Crippen LogP contribution is 2.48. The third-order valence-electron chi connectivity index (χ3n) is 5.87. The zero-order valence-corrected chi connectivity index (χ0v) is 14.8. The molecule has 4 heteroatoms. The maximum absolute atomic E-state index is 12.6. The van der Waals surface area contributed by atoms with Crippen molar-refractivity contribution in [1.82, 2.24) is 4.98 Å². The molecule has 2 aliphatic carbocycles. The molecule has 2 saturated carbocycles. The van der Waals surface area contributed by atoms with E-state index in [-0.39, 0.29) is 11.8 Å². The van der Waals surface area contributed by atoms with Crippen LogP contribution >= 0.6 is 11.3 Å². The number of aromatic nitrogens is 1. The molecule has 126 valence electrons. The van der Waals surface area contributed by atoms with Gasteiger partial charge in [-0.25, -0.2) is 4.98 Å². The SMILES string of the molecule is O=C(Nc1nc(-c2cccc3ccccc23)cs1)C1CC2CCC1C2. The molecule has 0 spiro atoms. The van der Waals surface area contributed by atoms with E-state index in [0.717, 1.165) is 28.7 Å². The minimum Gasteiger partial charge on any atom is -0.302 e. The van der Waals surface area contributed by atoms with Gasteiger partial charge in [0.1, 0.15) is 0 Å². The van der Waals surface area contributed by atoms with Crippen molar-refractivity contribution in [2.75, 3.05) is 5.32 Å². The Morgan fingerprint density at radius 2 is 1.96 bits per heavy atom. The standard InChI is InChI=1S/C21H20N2OS/c24-20(18-11-13-8-9-15(18)10-13)23-21-22-19(12-25-21)17-7-3-5-14-4-1-2-6-16(14)17/h1-7,12-13,15,18H,8-11H2,(H,22,23,24). The highest BCUT2D eigenvalue weighted by atomic mass is 32.1. The number of fused-ring (bicyclic) bond motifs is 3. The summed E-state index contributed by atoms with van der Waals surface area (Å²) in [5.74, 6) is 1.75. The number of carbonyl (C=O) groups is 1. The van der Waals surface area contributed by atoms with Crippen molar-refractivity contribution in [3.63, 3.8) is 0 Å². The van der Waals surface area contributed by atoms with Gasteiger partial charge in [-0.05, 0) is 41.9 Å². The first-order valence-electron chi connectivity index (χ1n) is 9.02. The Morgan fingerprint density at radius 1 is 1.08 bits per heavy atom. The van der Waals surface area contributed by atoms with Crippen LogP contribution in [0.3, 0.4) is 0 Å². The molecule has 1 aromatic heterocycles. The lowest BCUT2D eigenvalue weighted by atomic mass is 9.88. The van der Waals surface area contributed by atoms with Gasteiger partial charge in [0.15, 0.2) is 5.13 Å². The Kier molecular flexibility index (Phi) is 3.59. The molecule has 2 bridgehead atoms. The van der Waals surface area contributed by atoms with E-state index in [9.17, 15) is 4.79 Å². The molecule has 0 aliphatic heterocycles. The molecule has 3 nitrogen and oxygen atoms in total. The second-order valence-corrected chi connectivity index (χ2v) is 8.19. The average Bonchev–Trinajstić information content (AvgIpc) is 3.38. The molecule has 1 N–H and O–H groups in total. The van der Waals surface area contributed by atoms with Crippen LogP contribution in [0.2, 0.25) is 0 Å². The van der Waals surface area contributed by atoms with E-state index in [1.807, 2.05) is 11.4 Å². The van der Waals surface area contributed by atoms with Crippen molar-refractivity contribution in [3.8, 4) is 11.3 Å². The summed E-state index contributed by atoms with van der Waals surface area (Å²) in [5, 5.41) is 8.24. The number of nitrogens with zero attached hydrogens (tertiary/aromatic N) is 1. The fraction of sp³-hybridized carbons (Fsp3) is 0.333. The number of anilines is 1. The van der Waals surface area contributed by atoms with Crippen molar-refractivity contribution in [1.29, 1.82) is 0 Å². The van der Waals surface area contributed by atoms with Crippen LogP contribution in [-0.4, -0.2) is 10.9 Å². The Morgan fingerprint density at radius 3 is 2.80 bits per heavy atom. The number of carbonyl (C=O) groups excluding carboxylic acids is 1. The summed E-state index contributed by atoms with van der Waals surface area (Å²) in [7, 11) is 0. The molecule has 5 rings (SSSR count). The van der Waals surface area contributed by atoms with E-state index in [1.54, 1.807) is 0 Å². The highest BCUT2D eigenvalue weighted by molar-refractivity contribution is 7.14. The molecule has 2 aliphatic rings. The maximum Gasteiger partial charge on any atom is 0.229 e. The predicted molar refractivity (Wildman–Crippen MR) is 103 cm³/mol. The molecule has 0 radical (unpaired) electrons. The van der Waals surface area contributed by atoms with Crippen LogP contribution in [0.15, 0.2) is 47.8 Å². The van der Waals surface area contributed by atoms with Crippen LogP contribution in [0.25, 0.3) is 22.0 Å². The van der Waals surface area contributed by atoms with Gasteiger partial charge >= 0.3 is 0 Å². The second kappa shape index (κ2) is 5.95. The molecule has 0 saturated heterocycles. The summed E-state index contributed by atoms with van der Waals surface area (Å²) >= 11 is 1.52. The molecule has 25 heavy (non-hydrogen) atoms. The highest BCUT2D eigenvalue weighted by Gasteiger charge is 2.43. The zero-order valence-electron chi connectivity index (χ0n) is 13.9. The largest absolute Gasteiger partial charge is 0.302 e.